The Morgan fingerprint density at radius 3 is 2.62 bits per heavy atom. The third-order valence-corrected chi connectivity index (χ3v) is 4.66. The standard InChI is InChI=1S/C16H10BrN3O3S/c17-12-9-11(20(22)23)6-7-13(12)18-16-19-15(21)14(24-16)8-10-4-2-1-3-5-10/h1-9H,(H,18,19,21)/b14-8+. The number of amidine groups is 1. The van der Waals surface area contributed by atoms with Crippen molar-refractivity contribution in [2.75, 3.05) is 0 Å². The molecule has 1 fully saturated rings. The van der Waals surface area contributed by atoms with E-state index in [1.807, 2.05) is 30.3 Å². The van der Waals surface area contributed by atoms with E-state index >= 15 is 0 Å². The zero-order valence-corrected chi connectivity index (χ0v) is 14.5. The van der Waals surface area contributed by atoms with Gasteiger partial charge in [0.2, 0.25) is 0 Å². The number of thioether (sulfide) groups is 1. The van der Waals surface area contributed by atoms with Crippen LogP contribution in [-0.2, 0) is 4.79 Å². The lowest BCUT2D eigenvalue weighted by Gasteiger charge is -2.00. The predicted octanol–water partition coefficient (Wildman–Crippen LogP) is 4.25. The Balaban J connectivity index is 1.84. The molecular weight excluding hydrogens is 394 g/mol. The average Bonchev–Trinajstić information content (AvgIpc) is 2.89. The summed E-state index contributed by atoms with van der Waals surface area (Å²) in [5, 5.41) is 13.9. The SMILES string of the molecule is O=C1NC(=Nc2ccc([N+](=O)[O-])cc2Br)S/C1=C/c1ccccc1. The molecule has 1 amide bonds. The van der Waals surface area contributed by atoms with Crippen LogP contribution in [0.4, 0.5) is 11.4 Å². The molecule has 2 aromatic rings. The van der Waals surface area contributed by atoms with E-state index in [2.05, 4.69) is 26.2 Å². The van der Waals surface area contributed by atoms with E-state index in [0.29, 0.717) is 20.2 Å². The van der Waals surface area contributed by atoms with Gasteiger partial charge >= 0.3 is 0 Å². The lowest BCUT2D eigenvalue weighted by atomic mass is 10.2. The molecule has 0 aliphatic carbocycles. The molecule has 1 aliphatic heterocycles. The molecule has 24 heavy (non-hydrogen) atoms. The topological polar surface area (TPSA) is 84.6 Å². The van der Waals surface area contributed by atoms with Gasteiger partial charge in [-0.05, 0) is 45.4 Å². The normalized spacial score (nSPS) is 17.3. The summed E-state index contributed by atoms with van der Waals surface area (Å²) >= 11 is 4.48. The lowest BCUT2D eigenvalue weighted by molar-refractivity contribution is -0.384. The number of rotatable bonds is 3. The van der Waals surface area contributed by atoms with Gasteiger partial charge < -0.3 is 5.32 Å². The Kier molecular flexibility index (Phi) is 4.77. The highest BCUT2D eigenvalue weighted by molar-refractivity contribution is 9.10. The van der Waals surface area contributed by atoms with E-state index < -0.39 is 4.92 Å². The maximum absolute atomic E-state index is 12.0. The summed E-state index contributed by atoms with van der Waals surface area (Å²) in [6.07, 6.45) is 1.79. The van der Waals surface area contributed by atoms with Gasteiger partial charge in [-0.2, -0.15) is 0 Å². The van der Waals surface area contributed by atoms with E-state index in [1.54, 1.807) is 6.08 Å². The van der Waals surface area contributed by atoms with Gasteiger partial charge in [-0.25, -0.2) is 4.99 Å². The van der Waals surface area contributed by atoms with Gasteiger partial charge in [-0.3, -0.25) is 14.9 Å². The predicted molar refractivity (Wildman–Crippen MR) is 98.0 cm³/mol. The molecular formula is C16H10BrN3O3S. The van der Waals surface area contributed by atoms with E-state index in [4.69, 9.17) is 0 Å². The molecule has 1 aliphatic rings. The number of nitrogens with zero attached hydrogens (tertiary/aromatic N) is 2. The zero-order chi connectivity index (χ0) is 17.1. The number of carbonyl (C=O) groups excluding carboxylic acids is 1. The molecule has 1 N–H and O–H groups in total. The number of aliphatic imine (C=N–C) groups is 1. The van der Waals surface area contributed by atoms with Crippen LogP contribution in [-0.4, -0.2) is 16.0 Å². The Morgan fingerprint density at radius 2 is 1.96 bits per heavy atom. The fourth-order valence-corrected chi connectivity index (χ4v) is 3.28. The molecule has 1 heterocycles. The number of hydrogen-bond donors (Lipinski definition) is 1. The van der Waals surface area contributed by atoms with Crippen molar-refractivity contribution in [1.82, 2.24) is 5.32 Å². The summed E-state index contributed by atoms with van der Waals surface area (Å²) in [7, 11) is 0. The fourth-order valence-electron chi connectivity index (χ4n) is 1.99. The van der Waals surface area contributed by atoms with Gasteiger partial charge in [0.25, 0.3) is 11.6 Å². The van der Waals surface area contributed by atoms with Crippen LogP contribution < -0.4 is 5.32 Å². The Morgan fingerprint density at radius 1 is 1.21 bits per heavy atom. The molecule has 0 aromatic heterocycles. The van der Waals surface area contributed by atoms with E-state index in [9.17, 15) is 14.9 Å². The largest absolute Gasteiger partial charge is 0.300 e. The van der Waals surface area contributed by atoms with Crippen molar-refractivity contribution in [2.24, 2.45) is 4.99 Å². The number of amides is 1. The minimum atomic E-state index is -0.478. The minimum Gasteiger partial charge on any atom is -0.300 e. The van der Waals surface area contributed by atoms with E-state index in [-0.39, 0.29) is 11.6 Å². The van der Waals surface area contributed by atoms with Gasteiger partial charge in [0, 0.05) is 12.1 Å². The zero-order valence-electron chi connectivity index (χ0n) is 12.1. The Bertz CT molecular complexity index is 881. The quantitative estimate of drug-likeness (QED) is 0.471. The van der Waals surface area contributed by atoms with Crippen molar-refractivity contribution >= 4 is 56.2 Å². The average molecular weight is 404 g/mol. The number of hydrogen-bond acceptors (Lipinski definition) is 5. The molecule has 0 radical (unpaired) electrons. The van der Waals surface area contributed by atoms with Crippen LogP contribution in [0, 0.1) is 10.1 Å². The van der Waals surface area contributed by atoms with Crippen LogP contribution >= 0.6 is 27.7 Å². The van der Waals surface area contributed by atoms with Crippen molar-refractivity contribution in [3.8, 4) is 0 Å². The third kappa shape index (κ3) is 3.72. The van der Waals surface area contributed by atoms with Gasteiger partial charge in [0.05, 0.1) is 20.0 Å². The molecule has 3 rings (SSSR count). The summed E-state index contributed by atoms with van der Waals surface area (Å²) in [5.74, 6) is -0.222. The summed E-state index contributed by atoms with van der Waals surface area (Å²) in [6, 6.07) is 13.8. The number of nitro benzene ring substituents is 1. The Labute approximate surface area is 150 Å². The van der Waals surface area contributed by atoms with Crippen molar-refractivity contribution < 1.29 is 9.72 Å². The first kappa shape index (κ1) is 16.4. The smallest absolute Gasteiger partial charge is 0.270 e. The highest BCUT2D eigenvalue weighted by atomic mass is 79.9. The van der Waals surface area contributed by atoms with E-state index in [1.165, 1.54) is 30.0 Å². The molecule has 0 unspecified atom stereocenters. The highest BCUT2D eigenvalue weighted by Gasteiger charge is 2.24. The monoisotopic (exact) mass is 403 g/mol. The first-order chi connectivity index (χ1) is 11.5. The lowest BCUT2D eigenvalue weighted by Crippen LogP contribution is -2.19. The molecule has 0 saturated carbocycles. The number of carbonyl (C=O) groups is 1. The summed E-state index contributed by atoms with van der Waals surface area (Å²) in [5.41, 5.74) is 1.40. The summed E-state index contributed by atoms with van der Waals surface area (Å²) < 4.78 is 0.486. The van der Waals surface area contributed by atoms with Crippen molar-refractivity contribution in [1.29, 1.82) is 0 Å². The Hall–Kier alpha value is -2.45. The van der Waals surface area contributed by atoms with Gasteiger partial charge in [-0.1, -0.05) is 30.3 Å². The molecule has 6 nitrogen and oxygen atoms in total. The number of non-ortho nitro benzene ring substituents is 1. The number of halogens is 1. The van der Waals surface area contributed by atoms with Crippen LogP contribution in [0.1, 0.15) is 5.56 Å². The van der Waals surface area contributed by atoms with Gasteiger partial charge in [0.1, 0.15) is 0 Å². The minimum absolute atomic E-state index is 0.0291. The van der Waals surface area contributed by atoms with Crippen LogP contribution in [0.5, 0.6) is 0 Å². The van der Waals surface area contributed by atoms with Crippen molar-refractivity contribution in [3.63, 3.8) is 0 Å². The summed E-state index contributed by atoms with van der Waals surface area (Å²) in [6.45, 7) is 0. The second-order valence-electron chi connectivity index (χ2n) is 4.79. The summed E-state index contributed by atoms with van der Waals surface area (Å²) in [4.78, 5) is 27.2. The first-order valence-corrected chi connectivity index (χ1v) is 8.42. The number of nitrogens with one attached hydrogen (secondary N) is 1. The molecule has 0 atom stereocenters. The fraction of sp³-hybridized carbons (Fsp3) is 0. The van der Waals surface area contributed by atoms with Gasteiger partial charge in [-0.15, -0.1) is 0 Å². The third-order valence-electron chi connectivity index (χ3n) is 3.11. The molecule has 0 spiro atoms. The molecule has 1 saturated heterocycles. The van der Waals surface area contributed by atoms with Crippen LogP contribution in [0.3, 0.4) is 0 Å². The number of nitro groups is 1. The first-order valence-electron chi connectivity index (χ1n) is 6.81. The van der Waals surface area contributed by atoms with E-state index in [0.717, 1.165) is 5.56 Å². The van der Waals surface area contributed by atoms with Crippen LogP contribution in [0.2, 0.25) is 0 Å². The van der Waals surface area contributed by atoms with Crippen LogP contribution in [0.15, 0.2) is 62.9 Å². The number of benzene rings is 2. The maximum atomic E-state index is 12.0. The van der Waals surface area contributed by atoms with Gasteiger partial charge in [0.15, 0.2) is 5.17 Å². The highest BCUT2D eigenvalue weighted by Crippen LogP contribution is 2.33. The molecule has 2 aromatic carbocycles. The molecule has 120 valence electrons. The maximum Gasteiger partial charge on any atom is 0.270 e. The second-order valence-corrected chi connectivity index (χ2v) is 6.67. The van der Waals surface area contributed by atoms with Crippen LogP contribution in [0.25, 0.3) is 6.08 Å². The molecule has 0 bridgehead atoms. The van der Waals surface area contributed by atoms with Crippen molar-refractivity contribution in [3.05, 3.63) is 73.6 Å². The molecule has 8 heteroatoms. The second kappa shape index (κ2) is 6.98. The van der Waals surface area contributed by atoms with Crippen molar-refractivity contribution in [2.45, 2.75) is 0 Å².